The van der Waals surface area contributed by atoms with E-state index in [-0.39, 0.29) is 5.25 Å². The summed E-state index contributed by atoms with van der Waals surface area (Å²) < 4.78 is 0.917. The van der Waals surface area contributed by atoms with Gasteiger partial charge in [-0.05, 0) is 6.92 Å². The molecule has 0 aromatic heterocycles. The third-order valence-corrected chi connectivity index (χ3v) is 3.47. The quantitative estimate of drug-likeness (QED) is 0.714. The molecular formula is C6H9NO2S2. The first-order chi connectivity index (χ1) is 5.20. The Kier molecular flexibility index (Phi) is 3.26. The maximum atomic E-state index is 10.4. The average Bonchev–Trinajstić information content (AvgIpc) is 2.39. The predicted molar refractivity (Wildman–Crippen MR) is 49.4 cm³/mol. The minimum absolute atomic E-state index is 0.376. The van der Waals surface area contributed by atoms with Crippen molar-refractivity contribution in [2.24, 2.45) is 4.99 Å². The molecule has 62 valence electrons. The second-order valence-electron chi connectivity index (χ2n) is 2.09. The summed E-state index contributed by atoms with van der Waals surface area (Å²) in [6.07, 6.45) is 0. The fourth-order valence-corrected chi connectivity index (χ4v) is 2.65. The maximum absolute atomic E-state index is 10.4. The van der Waals surface area contributed by atoms with Gasteiger partial charge in [0.1, 0.15) is 9.63 Å². The fourth-order valence-electron chi connectivity index (χ4n) is 0.588. The van der Waals surface area contributed by atoms with Crippen molar-refractivity contribution in [2.45, 2.75) is 12.2 Å². The Labute approximate surface area is 73.7 Å². The highest BCUT2D eigenvalue weighted by atomic mass is 32.2. The van der Waals surface area contributed by atoms with E-state index in [1.807, 2.05) is 0 Å². The van der Waals surface area contributed by atoms with E-state index in [0.29, 0.717) is 0 Å². The lowest BCUT2D eigenvalue weighted by molar-refractivity contribution is -0.136. The van der Waals surface area contributed by atoms with Gasteiger partial charge in [-0.15, -0.1) is 0 Å². The van der Waals surface area contributed by atoms with Crippen molar-refractivity contribution in [2.75, 3.05) is 12.3 Å². The molecule has 5 heteroatoms. The van der Waals surface area contributed by atoms with Gasteiger partial charge in [-0.1, -0.05) is 23.5 Å². The first kappa shape index (κ1) is 8.93. The van der Waals surface area contributed by atoms with Crippen LogP contribution in [0.3, 0.4) is 0 Å². The van der Waals surface area contributed by atoms with Crippen LogP contribution in [-0.4, -0.2) is 33.0 Å². The van der Waals surface area contributed by atoms with Gasteiger partial charge in [0.25, 0.3) is 0 Å². The second-order valence-corrected chi connectivity index (χ2v) is 4.77. The minimum atomic E-state index is -0.773. The normalized spacial score (nSPS) is 19.5. The number of rotatable bonds is 2. The molecule has 0 unspecified atom stereocenters. The number of carboxylic acids is 1. The van der Waals surface area contributed by atoms with Crippen molar-refractivity contribution in [3.63, 3.8) is 0 Å². The number of carbonyl (C=O) groups is 1. The topological polar surface area (TPSA) is 49.7 Å². The van der Waals surface area contributed by atoms with Crippen molar-refractivity contribution < 1.29 is 9.90 Å². The van der Waals surface area contributed by atoms with Crippen LogP contribution in [0.15, 0.2) is 4.99 Å². The van der Waals surface area contributed by atoms with Crippen LogP contribution in [-0.2, 0) is 4.79 Å². The molecule has 0 saturated heterocycles. The molecule has 0 fully saturated rings. The van der Waals surface area contributed by atoms with Crippen LogP contribution in [0.2, 0.25) is 0 Å². The van der Waals surface area contributed by atoms with Crippen molar-refractivity contribution >= 4 is 33.9 Å². The molecule has 1 rings (SSSR count). The molecule has 3 nitrogen and oxygen atoms in total. The highest BCUT2D eigenvalue weighted by Crippen LogP contribution is 2.25. The van der Waals surface area contributed by atoms with Crippen molar-refractivity contribution in [1.29, 1.82) is 0 Å². The van der Waals surface area contributed by atoms with Gasteiger partial charge in [0.05, 0.1) is 6.54 Å². The Morgan fingerprint density at radius 1 is 1.91 bits per heavy atom. The number of aliphatic imine (C=N–C) groups is 1. The molecule has 0 aliphatic carbocycles. The van der Waals surface area contributed by atoms with E-state index < -0.39 is 5.97 Å². The minimum Gasteiger partial charge on any atom is -0.480 e. The van der Waals surface area contributed by atoms with Gasteiger partial charge in [0.15, 0.2) is 0 Å². The molecule has 0 aromatic carbocycles. The largest absolute Gasteiger partial charge is 0.480 e. The van der Waals surface area contributed by atoms with Crippen LogP contribution in [0.1, 0.15) is 6.92 Å². The van der Waals surface area contributed by atoms with Gasteiger partial charge in [-0.3, -0.25) is 9.79 Å². The molecule has 0 aromatic rings. The van der Waals surface area contributed by atoms with Gasteiger partial charge < -0.3 is 5.11 Å². The van der Waals surface area contributed by atoms with Gasteiger partial charge in [0, 0.05) is 5.75 Å². The van der Waals surface area contributed by atoms with E-state index in [1.54, 1.807) is 18.7 Å². The van der Waals surface area contributed by atoms with E-state index in [9.17, 15) is 4.79 Å². The van der Waals surface area contributed by atoms with Crippen molar-refractivity contribution in [1.82, 2.24) is 0 Å². The summed E-state index contributed by atoms with van der Waals surface area (Å²) in [5, 5.41) is 8.18. The molecule has 0 saturated carbocycles. The number of thioether (sulfide) groups is 2. The lowest BCUT2D eigenvalue weighted by Crippen LogP contribution is -2.12. The molecule has 1 aliphatic heterocycles. The average molecular weight is 191 g/mol. The van der Waals surface area contributed by atoms with Crippen LogP contribution in [0.4, 0.5) is 0 Å². The van der Waals surface area contributed by atoms with Crippen LogP contribution in [0.5, 0.6) is 0 Å². The van der Waals surface area contributed by atoms with E-state index >= 15 is 0 Å². The fraction of sp³-hybridized carbons (Fsp3) is 0.667. The number of aliphatic carboxylic acids is 1. The number of carboxylic acid groups (broad SMARTS) is 1. The molecule has 1 aliphatic rings. The summed E-state index contributed by atoms with van der Waals surface area (Å²) in [7, 11) is 0. The molecule has 0 radical (unpaired) electrons. The van der Waals surface area contributed by atoms with E-state index in [2.05, 4.69) is 4.99 Å². The number of hydrogen-bond acceptors (Lipinski definition) is 4. The molecule has 11 heavy (non-hydrogen) atoms. The predicted octanol–water partition coefficient (Wildman–Crippen LogP) is 1.30. The van der Waals surface area contributed by atoms with E-state index in [4.69, 9.17) is 5.11 Å². The van der Waals surface area contributed by atoms with E-state index in [0.717, 1.165) is 16.7 Å². The number of nitrogens with zero attached hydrogens (tertiary/aromatic N) is 1. The van der Waals surface area contributed by atoms with Crippen LogP contribution < -0.4 is 0 Å². The van der Waals surface area contributed by atoms with Crippen LogP contribution in [0.25, 0.3) is 0 Å². The molecule has 1 heterocycles. The maximum Gasteiger partial charge on any atom is 0.316 e. The first-order valence-corrected chi connectivity index (χ1v) is 5.13. The van der Waals surface area contributed by atoms with E-state index in [1.165, 1.54) is 11.8 Å². The SMILES string of the molecule is C[C@@H](SC1=NCCS1)C(=O)O. The van der Waals surface area contributed by atoms with Crippen LogP contribution >= 0.6 is 23.5 Å². The third kappa shape index (κ3) is 2.75. The Balaban J connectivity index is 2.35. The first-order valence-electron chi connectivity index (χ1n) is 3.27. The van der Waals surface area contributed by atoms with Gasteiger partial charge in [-0.2, -0.15) is 0 Å². The summed E-state index contributed by atoms with van der Waals surface area (Å²) >= 11 is 2.97. The number of hydrogen-bond donors (Lipinski definition) is 1. The molecular weight excluding hydrogens is 182 g/mol. The lowest BCUT2D eigenvalue weighted by atomic mass is 10.5. The molecule has 0 bridgehead atoms. The summed E-state index contributed by atoms with van der Waals surface area (Å²) in [5.74, 6) is 0.222. The Bertz CT molecular complexity index is 193. The summed E-state index contributed by atoms with van der Waals surface area (Å²) in [4.78, 5) is 14.5. The summed E-state index contributed by atoms with van der Waals surface area (Å²) in [6, 6.07) is 0. The van der Waals surface area contributed by atoms with Crippen molar-refractivity contribution in [3.05, 3.63) is 0 Å². The molecule has 0 spiro atoms. The highest BCUT2D eigenvalue weighted by molar-refractivity contribution is 8.39. The summed E-state index contributed by atoms with van der Waals surface area (Å²) in [6.45, 7) is 2.51. The monoisotopic (exact) mass is 191 g/mol. The molecule has 0 amide bonds. The van der Waals surface area contributed by atoms with Crippen molar-refractivity contribution in [3.8, 4) is 0 Å². The lowest BCUT2D eigenvalue weighted by Gasteiger charge is -2.03. The van der Waals surface area contributed by atoms with Gasteiger partial charge in [-0.25, -0.2) is 0 Å². The zero-order valence-corrected chi connectivity index (χ0v) is 7.74. The second kappa shape index (κ2) is 4.01. The Hall–Kier alpha value is -0.160. The Morgan fingerprint density at radius 2 is 2.64 bits per heavy atom. The zero-order chi connectivity index (χ0) is 8.27. The smallest absolute Gasteiger partial charge is 0.316 e. The zero-order valence-electron chi connectivity index (χ0n) is 6.11. The van der Waals surface area contributed by atoms with Gasteiger partial charge >= 0.3 is 5.97 Å². The van der Waals surface area contributed by atoms with Gasteiger partial charge in [0.2, 0.25) is 0 Å². The Morgan fingerprint density at radius 3 is 3.09 bits per heavy atom. The standard InChI is InChI=1S/C6H9NO2S2/c1-4(5(8)9)11-6-7-2-3-10-6/h4H,2-3H2,1H3,(H,8,9)/t4-/m1/s1. The highest BCUT2D eigenvalue weighted by Gasteiger charge is 2.17. The van der Waals surface area contributed by atoms with Crippen LogP contribution in [0, 0.1) is 0 Å². The molecule has 1 atom stereocenters. The third-order valence-electron chi connectivity index (χ3n) is 1.18. The summed E-state index contributed by atoms with van der Waals surface area (Å²) in [5.41, 5.74) is 0. The molecule has 1 N–H and O–H groups in total.